The van der Waals surface area contributed by atoms with Crippen molar-refractivity contribution in [3.05, 3.63) is 47.3 Å². The number of benzene rings is 1. The lowest BCUT2D eigenvalue weighted by atomic mass is 9.89. The van der Waals surface area contributed by atoms with E-state index < -0.39 is 0 Å². The van der Waals surface area contributed by atoms with Gasteiger partial charge in [-0.1, -0.05) is 12.2 Å². The Morgan fingerprint density at radius 3 is 2.90 bits per heavy atom. The van der Waals surface area contributed by atoms with Crippen molar-refractivity contribution in [1.82, 2.24) is 9.21 Å². The summed E-state index contributed by atoms with van der Waals surface area (Å²) in [7, 11) is 0. The summed E-state index contributed by atoms with van der Waals surface area (Å²) in [6.07, 6.45) is 9.02. The largest absolute Gasteiger partial charge is 0.393 e. The SMILES string of the molecule is CCN1Sc2cc(F)ccc2NC1=O.O=CN1CC2C=C(C3=CCC(O)CC3)C1C2. The summed E-state index contributed by atoms with van der Waals surface area (Å²) in [6.45, 7) is 3.36. The molecule has 1 aromatic rings. The molecule has 2 N–H and O–H groups in total. The lowest BCUT2D eigenvalue weighted by Gasteiger charge is -2.28. The molecule has 1 aromatic carbocycles. The van der Waals surface area contributed by atoms with Crippen molar-refractivity contribution in [1.29, 1.82) is 0 Å². The van der Waals surface area contributed by atoms with Crippen LogP contribution in [0.3, 0.4) is 0 Å². The van der Waals surface area contributed by atoms with E-state index in [9.17, 15) is 19.1 Å². The number of carbonyl (C=O) groups is 2. The first-order valence-electron chi connectivity index (χ1n) is 10.3. The average Bonchev–Trinajstić information content (AvgIpc) is 3.35. The highest BCUT2D eigenvalue weighted by Crippen LogP contribution is 2.41. The van der Waals surface area contributed by atoms with Crippen molar-refractivity contribution < 1.29 is 19.1 Å². The fourth-order valence-corrected chi connectivity index (χ4v) is 5.30. The number of carbonyl (C=O) groups excluding carboxylic acids is 2. The first-order chi connectivity index (χ1) is 14.5. The third-order valence-electron chi connectivity index (χ3n) is 5.94. The average molecular weight is 432 g/mol. The maximum Gasteiger partial charge on any atom is 0.332 e. The Hall–Kier alpha value is -2.32. The molecule has 2 aliphatic heterocycles. The Balaban J connectivity index is 0.000000147. The summed E-state index contributed by atoms with van der Waals surface area (Å²) < 4.78 is 14.4. The number of fused-ring (bicyclic) bond motifs is 3. The molecule has 1 fully saturated rings. The van der Waals surface area contributed by atoms with Crippen LogP contribution >= 0.6 is 11.9 Å². The molecular weight excluding hydrogens is 405 g/mol. The van der Waals surface area contributed by atoms with Gasteiger partial charge in [-0.2, -0.15) is 0 Å². The minimum absolute atomic E-state index is 0.156. The van der Waals surface area contributed by atoms with Crippen LogP contribution in [0.4, 0.5) is 14.9 Å². The molecule has 4 aliphatic rings. The number of nitrogens with zero attached hydrogens (tertiary/aromatic N) is 2. The van der Waals surface area contributed by atoms with E-state index in [1.54, 1.807) is 10.4 Å². The third kappa shape index (κ3) is 4.25. The molecule has 6 nitrogen and oxygen atoms in total. The Labute approximate surface area is 179 Å². The number of urea groups is 1. The quantitative estimate of drug-likeness (QED) is 0.562. The molecule has 3 atom stereocenters. The molecule has 2 aliphatic carbocycles. The molecule has 0 spiro atoms. The lowest BCUT2D eigenvalue weighted by molar-refractivity contribution is -0.118. The van der Waals surface area contributed by atoms with Crippen LogP contribution in [0.2, 0.25) is 0 Å². The second kappa shape index (κ2) is 8.81. The first-order valence-corrected chi connectivity index (χ1v) is 11.1. The number of halogens is 1. The molecule has 2 bridgehead atoms. The number of hydrogen-bond donors (Lipinski definition) is 2. The number of anilines is 1. The van der Waals surface area contributed by atoms with E-state index in [2.05, 4.69) is 17.5 Å². The molecule has 0 saturated carbocycles. The van der Waals surface area contributed by atoms with Gasteiger partial charge >= 0.3 is 6.03 Å². The zero-order chi connectivity index (χ0) is 21.3. The summed E-state index contributed by atoms with van der Waals surface area (Å²) in [5.74, 6) is 0.279. The van der Waals surface area contributed by atoms with Gasteiger partial charge in [-0.05, 0) is 79.8 Å². The van der Waals surface area contributed by atoms with Gasteiger partial charge in [-0.15, -0.1) is 0 Å². The minimum atomic E-state index is -0.288. The summed E-state index contributed by atoms with van der Waals surface area (Å²) in [6, 6.07) is 4.49. The summed E-state index contributed by atoms with van der Waals surface area (Å²) in [5.41, 5.74) is 3.39. The van der Waals surface area contributed by atoms with Crippen molar-refractivity contribution in [2.75, 3.05) is 18.4 Å². The highest BCUT2D eigenvalue weighted by atomic mass is 32.2. The second-order valence-electron chi connectivity index (χ2n) is 7.95. The van der Waals surface area contributed by atoms with Crippen molar-refractivity contribution >= 4 is 30.1 Å². The van der Waals surface area contributed by atoms with Crippen LogP contribution in [-0.2, 0) is 4.79 Å². The van der Waals surface area contributed by atoms with Crippen molar-refractivity contribution in [3.63, 3.8) is 0 Å². The number of amides is 3. The minimum Gasteiger partial charge on any atom is -0.393 e. The molecule has 1 saturated heterocycles. The highest BCUT2D eigenvalue weighted by molar-refractivity contribution is 7.97. The van der Waals surface area contributed by atoms with E-state index in [4.69, 9.17) is 0 Å². The molecular formula is C22H26FN3O3S. The monoisotopic (exact) mass is 431 g/mol. The molecule has 8 heteroatoms. The maximum atomic E-state index is 12.9. The lowest BCUT2D eigenvalue weighted by Crippen LogP contribution is -2.32. The van der Waals surface area contributed by atoms with Crippen LogP contribution in [0.15, 0.2) is 46.4 Å². The number of aliphatic hydroxyl groups is 1. The number of likely N-dealkylation sites (tertiary alicyclic amines) is 1. The molecule has 3 amide bonds. The second-order valence-corrected chi connectivity index (χ2v) is 9.01. The van der Waals surface area contributed by atoms with Crippen LogP contribution in [-0.4, -0.2) is 52.0 Å². The number of rotatable bonds is 3. The van der Waals surface area contributed by atoms with E-state index in [0.717, 1.165) is 43.5 Å². The maximum absolute atomic E-state index is 12.9. The van der Waals surface area contributed by atoms with Crippen LogP contribution < -0.4 is 5.32 Å². The van der Waals surface area contributed by atoms with Gasteiger partial charge in [0, 0.05) is 13.1 Å². The van der Waals surface area contributed by atoms with Gasteiger partial charge < -0.3 is 15.3 Å². The smallest absolute Gasteiger partial charge is 0.332 e. The third-order valence-corrected chi connectivity index (χ3v) is 7.12. The van der Waals surface area contributed by atoms with E-state index >= 15 is 0 Å². The zero-order valence-electron chi connectivity index (χ0n) is 16.9. The van der Waals surface area contributed by atoms with Gasteiger partial charge in [0.15, 0.2) is 0 Å². The fourth-order valence-electron chi connectivity index (χ4n) is 4.43. The van der Waals surface area contributed by atoms with Gasteiger partial charge in [0.1, 0.15) is 5.82 Å². The van der Waals surface area contributed by atoms with Gasteiger partial charge in [-0.25, -0.2) is 9.18 Å². The van der Waals surface area contributed by atoms with E-state index in [1.807, 2.05) is 11.8 Å². The molecule has 2 heterocycles. The normalized spacial score (nSPS) is 26.9. The van der Waals surface area contributed by atoms with Crippen molar-refractivity contribution in [2.24, 2.45) is 5.92 Å². The zero-order valence-corrected chi connectivity index (χ0v) is 17.7. The summed E-state index contributed by atoms with van der Waals surface area (Å²) in [4.78, 5) is 25.0. The molecule has 5 rings (SSSR count). The van der Waals surface area contributed by atoms with Gasteiger partial charge in [-0.3, -0.25) is 9.10 Å². The van der Waals surface area contributed by atoms with Crippen LogP contribution in [0.5, 0.6) is 0 Å². The Kier molecular flexibility index (Phi) is 6.15. The summed E-state index contributed by atoms with van der Waals surface area (Å²) >= 11 is 1.26. The van der Waals surface area contributed by atoms with E-state index in [0.29, 0.717) is 24.2 Å². The standard InChI is InChI=1S/C13H17NO2.C9H9FN2OS/c15-8-14-7-9-5-12(13(14)6-9)10-1-3-11(16)4-2-10;1-2-12-9(13)11-7-4-3-6(10)5-8(7)14-12/h1,5,8-9,11,13,16H,2-4,6-7H2;3-5H,2H2,1H3,(H,11,13). The van der Waals surface area contributed by atoms with Crippen molar-refractivity contribution in [3.8, 4) is 0 Å². The Bertz CT molecular complexity index is 904. The van der Waals surface area contributed by atoms with Gasteiger partial charge in [0.05, 0.1) is 22.7 Å². The number of nitrogens with one attached hydrogen (secondary N) is 1. The molecule has 30 heavy (non-hydrogen) atoms. The van der Waals surface area contributed by atoms with Crippen LogP contribution in [0.25, 0.3) is 0 Å². The predicted octanol–water partition coefficient (Wildman–Crippen LogP) is 3.94. The number of hydrogen-bond acceptors (Lipinski definition) is 4. The Morgan fingerprint density at radius 2 is 2.23 bits per heavy atom. The molecule has 3 unspecified atom stereocenters. The van der Waals surface area contributed by atoms with Crippen molar-refractivity contribution in [2.45, 2.75) is 49.6 Å². The first kappa shape index (κ1) is 20.9. The Morgan fingerprint density at radius 1 is 1.40 bits per heavy atom. The molecule has 0 radical (unpaired) electrons. The predicted molar refractivity (Wildman–Crippen MR) is 114 cm³/mol. The van der Waals surface area contributed by atoms with Gasteiger partial charge in [0.25, 0.3) is 0 Å². The van der Waals surface area contributed by atoms with E-state index in [1.165, 1.54) is 35.2 Å². The topological polar surface area (TPSA) is 72.9 Å². The summed E-state index contributed by atoms with van der Waals surface area (Å²) in [5, 5.41) is 12.2. The fraction of sp³-hybridized carbons (Fsp3) is 0.455. The number of aliphatic hydroxyl groups excluding tert-OH is 1. The van der Waals surface area contributed by atoms with E-state index in [-0.39, 0.29) is 18.0 Å². The van der Waals surface area contributed by atoms with Crippen LogP contribution in [0, 0.1) is 11.7 Å². The van der Waals surface area contributed by atoms with Crippen LogP contribution in [0.1, 0.15) is 32.6 Å². The molecule has 0 aromatic heterocycles. The molecule has 160 valence electrons. The van der Waals surface area contributed by atoms with Gasteiger partial charge in [0.2, 0.25) is 6.41 Å². The highest BCUT2D eigenvalue weighted by Gasteiger charge is 2.39.